The van der Waals surface area contributed by atoms with Crippen molar-refractivity contribution in [2.75, 3.05) is 0 Å². The van der Waals surface area contributed by atoms with Gasteiger partial charge in [0.25, 0.3) is 0 Å². The van der Waals surface area contributed by atoms with Crippen molar-refractivity contribution < 1.29 is 110 Å². The summed E-state index contributed by atoms with van der Waals surface area (Å²) in [5, 5.41) is 27.5. The molecule has 0 saturated heterocycles. The van der Waals surface area contributed by atoms with Crippen LogP contribution in [-0.2, 0) is 94.8 Å². The first-order chi connectivity index (χ1) is 41.6. The molecule has 11 rings (SSSR count). The molecule has 90 heavy (non-hydrogen) atoms. The van der Waals surface area contributed by atoms with Gasteiger partial charge in [-0.15, -0.1) is 143 Å². The Kier molecular flexibility index (Phi) is 39.7. The molecule has 0 aliphatic rings. The van der Waals surface area contributed by atoms with Crippen LogP contribution in [-0.4, -0.2) is 57.6 Å². The molecule has 0 aliphatic carbocycles. The monoisotopic (exact) mass is 1910 g/mol. The van der Waals surface area contributed by atoms with E-state index >= 15 is 0 Å². The molecule has 7 aromatic carbocycles. The molecule has 0 spiro atoms. The topological polar surface area (TPSA) is 176 Å². The molecule has 15 heteroatoms. The number of allylic oxidation sites excluding steroid dienone is 6. The molecule has 0 saturated carbocycles. The third kappa shape index (κ3) is 30.2. The van der Waals surface area contributed by atoms with Gasteiger partial charge in [-0.05, 0) is 93.2 Å². The summed E-state index contributed by atoms with van der Waals surface area (Å²) >= 11 is 0. The summed E-state index contributed by atoms with van der Waals surface area (Å²) in [7, 11) is 0. The minimum atomic E-state index is -0.125. The number of rotatable bonds is 9. The fourth-order valence-electron chi connectivity index (χ4n) is 7.69. The number of carbonyl (C=O) groups excluding carboxylic acids is 3. The summed E-state index contributed by atoms with van der Waals surface area (Å²) in [5.41, 5.74) is 12.9. The Morgan fingerprint density at radius 1 is 0.367 bits per heavy atom. The van der Waals surface area contributed by atoms with Crippen LogP contribution >= 0.6 is 0 Å². The van der Waals surface area contributed by atoms with E-state index in [4.69, 9.17) is 25.3 Å². The largest absolute Gasteiger partial charge is 0.512 e. The fraction of sp³-hybridized carbons (Fsp3) is 0.0933. The van der Waals surface area contributed by atoms with Crippen molar-refractivity contribution in [3.05, 3.63) is 309 Å². The van der Waals surface area contributed by atoms with Crippen LogP contribution in [0.1, 0.15) is 47.1 Å². The number of aromatic nitrogens is 5. The van der Waals surface area contributed by atoms with Crippen LogP contribution in [0.5, 0.6) is 0 Å². The van der Waals surface area contributed by atoms with Crippen molar-refractivity contribution in [2.24, 2.45) is 0 Å². The number of aliphatic hydroxyl groups excluding tert-OH is 3. The quantitative estimate of drug-likeness (QED) is 0.0712. The third-order valence-corrected chi connectivity index (χ3v) is 11.3. The van der Waals surface area contributed by atoms with Gasteiger partial charge in [0.1, 0.15) is 0 Å². The van der Waals surface area contributed by atoms with Crippen LogP contribution in [0.2, 0.25) is 0 Å². The van der Waals surface area contributed by atoms with Crippen LogP contribution in [0.25, 0.3) is 78.3 Å². The molecule has 0 fully saturated rings. The van der Waals surface area contributed by atoms with Gasteiger partial charge < -0.3 is 35.3 Å². The Morgan fingerprint density at radius 3 is 1.20 bits per heavy atom. The maximum atomic E-state index is 10.0. The van der Waals surface area contributed by atoms with Crippen molar-refractivity contribution in [2.45, 2.75) is 48.5 Å². The summed E-state index contributed by atoms with van der Waals surface area (Å²) in [4.78, 5) is 52.6. The first-order valence-electron chi connectivity index (χ1n) is 27.2. The Balaban J connectivity index is 0.000000548. The first-order valence-corrected chi connectivity index (χ1v) is 27.2. The van der Waals surface area contributed by atoms with Gasteiger partial charge in [-0.3, -0.25) is 19.4 Å². The summed E-state index contributed by atoms with van der Waals surface area (Å²) < 4.78 is 0. The van der Waals surface area contributed by atoms with E-state index in [-0.39, 0.29) is 115 Å². The molecule has 0 amide bonds. The number of hydrogen-bond acceptors (Lipinski definition) is 11. The van der Waals surface area contributed by atoms with E-state index in [0.29, 0.717) is 0 Å². The molecule has 0 unspecified atom stereocenters. The molecule has 4 radical (unpaired) electrons. The van der Waals surface area contributed by atoms with E-state index in [1.807, 2.05) is 200 Å². The summed E-state index contributed by atoms with van der Waals surface area (Å²) in [6.45, 7) is 10.6. The van der Waals surface area contributed by atoms with E-state index in [1.165, 1.54) is 76.1 Å². The maximum absolute atomic E-state index is 10.0. The van der Waals surface area contributed by atoms with E-state index in [2.05, 4.69) is 76.5 Å². The Morgan fingerprint density at radius 2 is 0.789 bits per heavy atom. The standard InChI is InChI=1S/C22H15N2.C15H10N.C12H10N.C11H8N.3C5H8O2.4Ir/c1-4-10-17(11-5-1)20-16-23-21(18-12-6-2-7-13-18)22(24-20)19-14-8-3-9-15-19;1-2-7-13(8-3-1)15-14-9-5-4-6-12(14)10-11-16-15;1-10-5-7-11(8-6-10)12-4-2-3-9-13-12;1-2-6-10(7-3-1)11-8-4-5-9-12-11;3*1-4(6)3-5(2)7;;;;/h1-12,14-16H;1-7,9-11H;2-7,9H,1H3;1-6,8-9H;3*3,6H,1-2H3;;;;/q4*-1;;;;;;;. The number of aryl methyl sites for hydroxylation is 1. The van der Waals surface area contributed by atoms with E-state index < -0.39 is 0 Å². The molecule has 3 N–H and O–H groups in total. The van der Waals surface area contributed by atoms with Gasteiger partial charge in [0, 0.05) is 135 Å². The molecule has 468 valence electrons. The van der Waals surface area contributed by atoms with Gasteiger partial charge >= 0.3 is 0 Å². The van der Waals surface area contributed by atoms with Gasteiger partial charge in [-0.25, -0.2) is 0 Å². The molecule has 4 aromatic heterocycles. The SMILES string of the molecule is CC(=O)C=C(C)O.CC(=O)C=C(C)O.CC(=O)C=C(C)O.Cc1c[c-]c(-c2ccccn2)cc1.[Ir].[Ir].[Ir].[Ir].[c-]1ccccc1-c1ccccn1.[c-]1ccccc1-c1ncc(-c2ccccc2)nc1-c1ccccc1.[c-]1ccccc1-c1nccc2ccccc12. The second-order valence-electron chi connectivity index (χ2n) is 18.8. The van der Waals surface area contributed by atoms with E-state index in [9.17, 15) is 14.4 Å². The Bertz CT molecular complexity index is 3790. The molecule has 11 nitrogen and oxygen atoms in total. The van der Waals surface area contributed by atoms with Crippen LogP contribution < -0.4 is 0 Å². The zero-order valence-electron chi connectivity index (χ0n) is 50.5. The summed E-state index contributed by atoms with van der Waals surface area (Å²) in [6.07, 6.45) is 10.8. The zero-order chi connectivity index (χ0) is 61.9. The van der Waals surface area contributed by atoms with Crippen molar-refractivity contribution >= 4 is 28.1 Å². The molecule has 0 atom stereocenters. The number of fused-ring (bicyclic) bond motifs is 1. The summed E-state index contributed by atoms with van der Waals surface area (Å²) in [6, 6.07) is 84.8. The normalized spacial score (nSPS) is 10.1. The van der Waals surface area contributed by atoms with Crippen LogP contribution in [0.4, 0.5) is 0 Å². The molecule has 4 heterocycles. The first kappa shape index (κ1) is 79.6. The predicted molar refractivity (Wildman–Crippen MR) is 346 cm³/mol. The minimum Gasteiger partial charge on any atom is -0.512 e. The number of aliphatic hydroxyl groups is 3. The summed E-state index contributed by atoms with van der Waals surface area (Å²) in [5.74, 6) is -0.187. The number of benzene rings is 7. The second-order valence-corrected chi connectivity index (χ2v) is 18.8. The second kappa shape index (κ2) is 44.9. The van der Waals surface area contributed by atoms with Crippen LogP contribution in [0.3, 0.4) is 0 Å². The van der Waals surface area contributed by atoms with Crippen LogP contribution in [0.15, 0.2) is 279 Å². The predicted octanol–water partition coefficient (Wildman–Crippen LogP) is 17.5. The minimum absolute atomic E-state index is 0. The van der Waals surface area contributed by atoms with Crippen molar-refractivity contribution in [1.29, 1.82) is 0 Å². The van der Waals surface area contributed by atoms with Gasteiger partial charge in [-0.2, -0.15) is 0 Å². The van der Waals surface area contributed by atoms with E-state index in [1.54, 1.807) is 12.4 Å². The zero-order valence-corrected chi connectivity index (χ0v) is 60.0. The molecular weight excluding hydrogens is 1840 g/mol. The number of ketones is 3. The van der Waals surface area contributed by atoms with Crippen LogP contribution in [0, 0.1) is 31.2 Å². The van der Waals surface area contributed by atoms with Crippen molar-refractivity contribution in [3.8, 4) is 67.5 Å². The smallest absolute Gasteiger partial charge is 0.155 e. The maximum Gasteiger partial charge on any atom is 0.155 e. The molecule has 0 bridgehead atoms. The van der Waals surface area contributed by atoms with Gasteiger partial charge in [-0.1, -0.05) is 116 Å². The van der Waals surface area contributed by atoms with Crippen molar-refractivity contribution in [3.63, 3.8) is 0 Å². The Hall–Kier alpha value is -8.44. The number of pyridine rings is 3. The molecule has 11 aromatic rings. The van der Waals surface area contributed by atoms with Crippen molar-refractivity contribution in [1.82, 2.24) is 24.9 Å². The molecular formula is C75H67Ir4N5O6-4. The van der Waals surface area contributed by atoms with Gasteiger partial charge in [0.15, 0.2) is 17.3 Å². The number of nitrogens with zero attached hydrogens (tertiary/aromatic N) is 5. The number of carbonyl (C=O) groups is 3. The average molecular weight is 1900 g/mol. The fourth-order valence-corrected chi connectivity index (χ4v) is 7.69. The average Bonchev–Trinajstić information content (AvgIpc) is 0.889. The van der Waals surface area contributed by atoms with E-state index in [0.717, 1.165) is 67.5 Å². The third-order valence-electron chi connectivity index (χ3n) is 11.3. The van der Waals surface area contributed by atoms with Gasteiger partial charge in [0.05, 0.1) is 28.7 Å². The number of hydrogen-bond donors (Lipinski definition) is 3. The molecule has 0 aliphatic heterocycles. The van der Waals surface area contributed by atoms with Gasteiger partial charge in [0.2, 0.25) is 0 Å². The Labute approximate surface area is 582 Å².